The summed E-state index contributed by atoms with van der Waals surface area (Å²) in [6.45, 7) is 14.4. The Balaban J connectivity index is 2.57. The molecular weight excluding hydrogens is 266 g/mol. The number of rotatable bonds is 9. The molecule has 0 bridgehead atoms. The molecule has 0 amide bonds. The van der Waals surface area contributed by atoms with Gasteiger partial charge in [-0.15, -0.1) is 11.3 Å². The third kappa shape index (κ3) is 5.90. The first-order valence-electron chi connectivity index (χ1n) is 7.67. The van der Waals surface area contributed by atoms with E-state index in [-0.39, 0.29) is 0 Å². The van der Waals surface area contributed by atoms with Crippen molar-refractivity contribution in [3.05, 3.63) is 16.1 Å². The molecule has 0 aromatic carbocycles. The monoisotopic (exact) mass is 297 g/mol. The second-order valence-corrected chi connectivity index (χ2v) is 7.57. The van der Waals surface area contributed by atoms with E-state index >= 15 is 0 Å². The number of aryl methyl sites for hydroxylation is 1. The van der Waals surface area contributed by atoms with Gasteiger partial charge in [0, 0.05) is 30.6 Å². The van der Waals surface area contributed by atoms with Gasteiger partial charge in [-0.3, -0.25) is 0 Å². The molecule has 0 saturated carbocycles. The minimum atomic E-state index is 0.340. The summed E-state index contributed by atoms with van der Waals surface area (Å²) in [5, 5.41) is 3.61. The lowest BCUT2D eigenvalue weighted by Crippen LogP contribution is -2.42. The molecular formula is C16H31N3S. The van der Waals surface area contributed by atoms with Gasteiger partial charge in [-0.25, -0.2) is 4.98 Å². The molecule has 0 radical (unpaired) electrons. The highest BCUT2D eigenvalue weighted by Gasteiger charge is 2.25. The van der Waals surface area contributed by atoms with Gasteiger partial charge in [0.25, 0.3) is 0 Å². The molecule has 3 nitrogen and oxygen atoms in total. The average molecular weight is 298 g/mol. The molecule has 1 aromatic heterocycles. The van der Waals surface area contributed by atoms with Crippen LogP contribution in [0.25, 0.3) is 0 Å². The lowest BCUT2D eigenvalue weighted by Gasteiger charge is -2.34. The summed E-state index contributed by atoms with van der Waals surface area (Å²) in [6.07, 6.45) is 2.50. The molecule has 0 spiro atoms. The first kappa shape index (κ1) is 17.6. The quantitative estimate of drug-likeness (QED) is 0.753. The van der Waals surface area contributed by atoms with Crippen molar-refractivity contribution in [2.45, 2.75) is 60.0 Å². The third-order valence-electron chi connectivity index (χ3n) is 3.70. The standard InChI is InChI=1S/C16H31N3S/c1-7-8-16(5,10-17-13(2)3)11-19(6)9-15-14(4)18-12-20-15/h12-13,17H,7-11H2,1-6H3. The van der Waals surface area contributed by atoms with E-state index in [0.29, 0.717) is 11.5 Å². The minimum Gasteiger partial charge on any atom is -0.314 e. The fraction of sp³-hybridized carbons (Fsp3) is 0.812. The van der Waals surface area contributed by atoms with E-state index in [4.69, 9.17) is 0 Å². The molecule has 0 aliphatic heterocycles. The van der Waals surface area contributed by atoms with E-state index in [1.54, 1.807) is 11.3 Å². The third-order valence-corrected chi connectivity index (χ3v) is 4.62. The summed E-state index contributed by atoms with van der Waals surface area (Å²) in [5.41, 5.74) is 3.47. The van der Waals surface area contributed by atoms with Crippen LogP contribution in [0.15, 0.2) is 5.51 Å². The van der Waals surface area contributed by atoms with Crippen molar-refractivity contribution in [2.75, 3.05) is 20.1 Å². The van der Waals surface area contributed by atoms with Crippen molar-refractivity contribution >= 4 is 11.3 Å². The second kappa shape index (κ2) is 8.11. The van der Waals surface area contributed by atoms with Crippen molar-refractivity contribution in [1.29, 1.82) is 0 Å². The minimum absolute atomic E-state index is 0.340. The molecule has 116 valence electrons. The van der Waals surface area contributed by atoms with Crippen molar-refractivity contribution in [3.8, 4) is 0 Å². The highest BCUT2D eigenvalue weighted by atomic mass is 32.1. The lowest BCUT2D eigenvalue weighted by molar-refractivity contribution is 0.166. The summed E-state index contributed by atoms with van der Waals surface area (Å²) < 4.78 is 0. The Morgan fingerprint density at radius 2 is 2.15 bits per heavy atom. The Hall–Kier alpha value is -0.450. The molecule has 0 aliphatic carbocycles. The van der Waals surface area contributed by atoms with Gasteiger partial charge in [0.1, 0.15) is 0 Å². The van der Waals surface area contributed by atoms with Crippen LogP contribution in [0.3, 0.4) is 0 Å². The summed E-state index contributed by atoms with van der Waals surface area (Å²) >= 11 is 1.77. The van der Waals surface area contributed by atoms with Crippen LogP contribution in [0.1, 0.15) is 51.1 Å². The molecule has 0 fully saturated rings. The zero-order chi connectivity index (χ0) is 15.2. The van der Waals surface area contributed by atoms with Crippen LogP contribution in [-0.4, -0.2) is 36.1 Å². The van der Waals surface area contributed by atoms with Gasteiger partial charge < -0.3 is 10.2 Å². The number of aromatic nitrogens is 1. The van der Waals surface area contributed by atoms with E-state index in [9.17, 15) is 0 Å². The van der Waals surface area contributed by atoms with Gasteiger partial charge in [-0.2, -0.15) is 0 Å². The molecule has 1 N–H and O–H groups in total. The van der Waals surface area contributed by atoms with Gasteiger partial charge in [0.05, 0.1) is 11.2 Å². The SMILES string of the molecule is CCCC(C)(CNC(C)C)CN(C)Cc1scnc1C. The maximum atomic E-state index is 4.34. The van der Waals surface area contributed by atoms with E-state index < -0.39 is 0 Å². The highest BCUT2D eigenvalue weighted by Crippen LogP contribution is 2.25. The molecule has 1 unspecified atom stereocenters. The largest absolute Gasteiger partial charge is 0.314 e. The van der Waals surface area contributed by atoms with Crippen LogP contribution in [-0.2, 0) is 6.54 Å². The predicted molar refractivity (Wildman–Crippen MR) is 89.3 cm³/mol. The first-order chi connectivity index (χ1) is 9.36. The number of thiazole rings is 1. The molecule has 1 rings (SSSR count). The Labute approximate surface area is 128 Å². The zero-order valence-corrected chi connectivity index (χ0v) is 14.8. The van der Waals surface area contributed by atoms with Gasteiger partial charge >= 0.3 is 0 Å². The van der Waals surface area contributed by atoms with Crippen LogP contribution in [0, 0.1) is 12.3 Å². The molecule has 0 saturated heterocycles. The summed E-state index contributed by atoms with van der Waals surface area (Å²) in [7, 11) is 2.22. The van der Waals surface area contributed by atoms with E-state index in [2.05, 4.69) is 56.9 Å². The van der Waals surface area contributed by atoms with E-state index in [0.717, 1.165) is 19.6 Å². The second-order valence-electron chi connectivity index (χ2n) is 6.63. The fourth-order valence-electron chi connectivity index (χ4n) is 2.71. The Morgan fingerprint density at radius 1 is 1.45 bits per heavy atom. The Morgan fingerprint density at radius 3 is 2.65 bits per heavy atom. The molecule has 1 atom stereocenters. The number of hydrogen-bond donors (Lipinski definition) is 1. The molecule has 1 aromatic rings. The number of nitrogens with one attached hydrogen (secondary N) is 1. The molecule has 1 heterocycles. The zero-order valence-electron chi connectivity index (χ0n) is 14.0. The smallest absolute Gasteiger partial charge is 0.0798 e. The topological polar surface area (TPSA) is 28.2 Å². The van der Waals surface area contributed by atoms with Crippen molar-refractivity contribution in [3.63, 3.8) is 0 Å². The molecule has 4 heteroatoms. The van der Waals surface area contributed by atoms with Gasteiger partial charge in [-0.05, 0) is 25.8 Å². The normalized spacial score (nSPS) is 15.0. The van der Waals surface area contributed by atoms with Crippen LogP contribution in [0.2, 0.25) is 0 Å². The summed E-state index contributed by atoms with van der Waals surface area (Å²) in [4.78, 5) is 8.18. The Bertz CT molecular complexity index is 389. The highest BCUT2D eigenvalue weighted by molar-refractivity contribution is 7.09. The maximum Gasteiger partial charge on any atom is 0.0798 e. The number of nitrogens with zero attached hydrogens (tertiary/aromatic N) is 2. The molecule has 20 heavy (non-hydrogen) atoms. The summed E-state index contributed by atoms with van der Waals surface area (Å²) in [6, 6.07) is 0.556. The van der Waals surface area contributed by atoms with Crippen molar-refractivity contribution < 1.29 is 0 Å². The van der Waals surface area contributed by atoms with Gasteiger partial charge in [0.15, 0.2) is 0 Å². The lowest BCUT2D eigenvalue weighted by atomic mass is 9.84. The Kier molecular flexibility index (Phi) is 7.13. The van der Waals surface area contributed by atoms with Crippen molar-refractivity contribution in [1.82, 2.24) is 15.2 Å². The molecule has 0 aliphatic rings. The van der Waals surface area contributed by atoms with Gasteiger partial charge in [0.2, 0.25) is 0 Å². The predicted octanol–water partition coefficient (Wildman–Crippen LogP) is 3.69. The van der Waals surface area contributed by atoms with Crippen LogP contribution in [0.5, 0.6) is 0 Å². The van der Waals surface area contributed by atoms with Crippen LogP contribution < -0.4 is 5.32 Å². The average Bonchev–Trinajstić information content (AvgIpc) is 2.73. The van der Waals surface area contributed by atoms with Crippen LogP contribution in [0.4, 0.5) is 0 Å². The number of hydrogen-bond acceptors (Lipinski definition) is 4. The van der Waals surface area contributed by atoms with E-state index in [1.807, 2.05) is 5.51 Å². The van der Waals surface area contributed by atoms with E-state index in [1.165, 1.54) is 23.4 Å². The fourth-order valence-corrected chi connectivity index (χ4v) is 3.56. The maximum absolute atomic E-state index is 4.34. The van der Waals surface area contributed by atoms with Gasteiger partial charge in [-0.1, -0.05) is 34.1 Å². The van der Waals surface area contributed by atoms with Crippen molar-refractivity contribution in [2.24, 2.45) is 5.41 Å². The first-order valence-corrected chi connectivity index (χ1v) is 8.55. The van der Waals surface area contributed by atoms with Crippen LogP contribution >= 0.6 is 11.3 Å². The summed E-state index contributed by atoms with van der Waals surface area (Å²) in [5.74, 6) is 0.